The minimum absolute atomic E-state index is 0.115. The molecule has 0 aliphatic carbocycles. The van der Waals surface area contributed by atoms with Crippen molar-refractivity contribution in [2.24, 2.45) is 0 Å². The maximum atomic E-state index is 9.09. The Morgan fingerprint density at radius 3 is 2.63 bits per heavy atom. The lowest BCUT2D eigenvalue weighted by Crippen LogP contribution is -1.89. The minimum atomic E-state index is -0.115. The molecule has 19 heavy (non-hydrogen) atoms. The molecule has 0 saturated carbocycles. The van der Waals surface area contributed by atoms with Crippen LogP contribution in [0.2, 0.25) is 5.02 Å². The maximum Gasteiger partial charge on any atom is 0.227 e. The number of nitrogens with one attached hydrogen (secondary N) is 2. The zero-order chi connectivity index (χ0) is 13.2. The lowest BCUT2D eigenvalue weighted by atomic mass is 10.1. The number of rotatable bonds is 3. The van der Waals surface area contributed by atoms with Crippen LogP contribution in [0, 0.1) is 0 Å². The molecule has 0 bridgehead atoms. The number of tetrazole rings is 1. The molecule has 3 N–H and O–H groups in total. The van der Waals surface area contributed by atoms with E-state index < -0.39 is 0 Å². The fourth-order valence-electron chi connectivity index (χ4n) is 1.67. The van der Waals surface area contributed by atoms with Crippen molar-refractivity contribution in [1.29, 1.82) is 0 Å². The van der Waals surface area contributed by atoms with Crippen LogP contribution in [0.1, 0.15) is 5.56 Å². The van der Waals surface area contributed by atoms with Crippen LogP contribution in [0.25, 0.3) is 22.8 Å². The van der Waals surface area contributed by atoms with Crippen LogP contribution >= 0.6 is 11.6 Å². The Bertz CT molecular complexity index is 694. The number of aliphatic hydroxyl groups is 1. The van der Waals surface area contributed by atoms with Gasteiger partial charge in [0, 0.05) is 10.6 Å². The van der Waals surface area contributed by atoms with Crippen LogP contribution in [0.3, 0.4) is 0 Å². The summed E-state index contributed by atoms with van der Waals surface area (Å²) in [6, 6.07) is 5.22. The quantitative estimate of drug-likeness (QED) is 0.652. The minimum Gasteiger partial charge on any atom is -0.392 e. The summed E-state index contributed by atoms with van der Waals surface area (Å²) in [4.78, 5) is 0. The molecule has 3 rings (SSSR count). The molecule has 3 aromatic rings. The van der Waals surface area contributed by atoms with Gasteiger partial charge >= 0.3 is 0 Å². The predicted octanol–water partition coefficient (Wildman–Crippen LogP) is 0.797. The normalized spacial score (nSPS) is 10.8. The molecule has 96 valence electrons. The summed E-state index contributed by atoms with van der Waals surface area (Å²) in [5.74, 6) is 0.339. The first-order valence-electron chi connectivity index (χ1n) is 5.34. The summed E-state index contributed by atoms with van der Waals surface area (Å²) in [6.07, 6.45) is 0. The fraction of sp³-hybridized carbons (Fsp3) is 0.100. The number of aromatic nitrogens is 7. The standard InChI is InChI=1S/C10H8ClN7O/c11-7-3-5(1-2-6(7)4-19)8-9(13-16-12-8)10-14-17-18-15-10/h1-3,19H,4H2,(H,12,13,16)(H,14,15,17,18). The highest BCUT2D eigenvalue weighted by Crippen LogP contribution is 2.29. The van der Waals surface area contributed by atoms with E-state index in [4.69, 9.17) is 16.7 Å². The van der Waals surface area contributed by atoms with Crippen molar-refractivity contribution in [3.05, 3.63) is 28.8 Å². The van der Waals surface area contributed by atoms with Crippen molar-refractivity contribution in [3.8, 4) is 22.8 Å². The first-order chi connectivity index (χ1) is 9.29. The molecular weight excluding hydrogens is 270 g/mol. The van der Waals surface area contributed by atoms with Gasteiger partial charge in [0.1, 0.15) is 5.69 Å². The van der Waals surface area contributed by atoms with Crippen molar-refractivity contribution in [2.45, 2.75) is 6.61 Å². The highest BCUT2D eigenvalue weighted by molar-refractivity contribution is 6.31. The highest BCUT2D eigenvalue weighted by Gasteiger charge is 2.16. The first kappa shape index (κ1) is 11.8. The van der Waals surface area contributed by atoms with Crippen LogP contribution in [-0.2, 0) is 6.61 Å². The second-order valence-electron chi connectivity index (χ2n) is 3.72. The van der Waals surface area contributed by atoms with Gasteiger partial charge in [-0.3, -0.25) is 0 Å². The summed E-state index contributed by atoms with van der Waals surface area (Å²) in [5, 5.41) is 33.7. The van der Waals surface area contributed by atoms with Crippen LogP contribution in [0.5, 0.6) is 0 Å². The third-order valence-corrected chi connectivity index (χ3v) is 2.95. The molecule has 8 nitrogen and oxygen atoms in total. The summed E-state index contributed by atoms with van der Waals surface area (Å²) >= 11 is 6.06. The molecule has 0 aliphatic heterocycles. The topological polar surface area (TPSA) is 116 Å². The monoisotopic (exact) mass is 277 g/mol. The number of hydrogen-bond donors (Lipinski definition) is 3. The zero-order valence-corrected chi connectivity index (χ0v) is 10.3. The number of benzene rings is 1. The van der Waals surface area contributed by atoms with Gasteiger partial charge in [0.2, 0.25) is 5.82 Å². The average Bonchev–Trinajstić information content (AvgIpc) is 3.09. The number of nitrogens with zero attached hydrogens (tertiary/aromatic N) is 5. The molecule has 9 heteroatoms. The van der Waals surface area contributed by atoms with Gasteiger partial charge in [0.25, 0.3) is 0 Å². The SMILES string of the molecule is OCc1ccc(-c2n[nH]nc2-c2nn[nH]n2)cc1Cl. The lowest BCUT2D eigenvalue weighted by Gasteiger charge is -2.03. The maximum absolute atomic E-state index is 9.09. The Hall–Kier alpha value is -2.32. The van der Waals surface area contributed by atoms with Crippen LogP contribution in [-0.4, -0.2) is 41.1 Å². The van der Waals surface area contributed by atoms with Crippen molar-refractivity contribution in [2.75, 3.05) is 0 Å². The number of aliphatic hydroxyl groups excluding tert-OH is 1. The van der Waals surface area contributed by atoms with Crippen molar-refractivity contribution < 1.29 is 5.11 Å². The zero-order valence-electron chi connectivity index (χ0n) is 9.50. The van der Waals surface area contributed by atoms with E-state index in [1.54, 1.807) is 18.2 Å². The third-order valence-electron chi connectivity index (χ3n) is 2.60. The van der Waals surface area contributed by atoms with Gasteiger partial charge in [-0.1, -0.05) is 23.7 Å². The molecule has 0 saturated heterocycles. The first-order valence-corrected chi connectivity index (χ1v) is 5.71. The van der Waals surface area contributed by atoms with Crippen LogP contribution in [0.15, 0.2) is 18.2 Å². The Morgan fingerprint density at radius 2 is 1.95 bits per heavy atom. The average molecular weight is 278 g/mol. The molecule has 0 spiro atoms. The Balaban J connectivity index is 2.08. The molecule has 0 amide bonds. The van der Waals surface area contributed by atoms with E-state index >= 15 is 0 Å². The molecule has 2 heterocycles. The van der Waals surface area contributed by atoms with Crippen LogP contribution < -0.4 is 0 Å². The van der Waals surface area contributed by atoms with E-state index in [9.17, 15) is 0 Å². The van der Waals surface area contributed by atoms with Crippen molar-refractivity contribution >= 4 is 11.6 Å². The predicted molar refractivity (Wildman–Crippen MR) is 65.9 cm³/mol. The number of halogens is 1. The van der Waals surface area contributed by atoms with Gasteiger partial charge in [-0.15, -0.1) is 10.2 Å². The molecule has 0 radical (unpaired) electrons. The smallest absolute Gasteiger partial charge is 0.227 e. The lowest BCUT2D eigenvalue weighted by molar-refractivity contribution is 0.282. The third kappa shape index (κ3) is 2.07. The van der Waals surface area contributed by atoms with Gasteiger partial charge in [-0.25, -0.2) is 0 Å². The fourth-order valence-corrected chi connectivity index (χ4v) is 1.91. The van der Waals surface area contributed by atoms with E-state index in [0.717, 1.165) is 5.56 Å². The summed E-state index contributed by atoms with van der Waals surface area (Å²) in [6.45, 7) is -0.115. The van der Waals surface area contributed by atoms with Gasteiger partial charge in [0.15, 0.2) is 5.69 Å². The van der Waals surface area contributed by atoms with Gasteiger partial charge in [-0.2, -0.15) is 20.6 Å². The Labute approximate surface area is 111 Å². The van der Waals surface area contributed by atoms with Crippen LogP contribution in [0.4, 0.5) is 0 Å². The van der Waals surface area contributed by atoms with E-state index in [1.165, 1.54) is 0 Å². The second-order valence-corrected chi connectivity index (χ2v) is 4.13. The van der Waals surface area contributed by atoms with Gasteiger partial charge in [0.05, 0.1) is 6.61 Å². The molecule has 0 aliphatic rings. The van der Waals surface area contributed by atoms with E-state index in [2.05, 4.69) is 36.0 Å². The Kier molecular flexibility index (Phi) is 2.94. The molecular formula is C10H8ClN7O. The number of hydrogen-bond acceptors (Lipinski definition) is 6. The summed E-state index contributed by atoms with van der Waals surface area (Å²) in [5.41, 5.74) is 2.43. The van der Waals surface area contributed by atoms with Crippen molar-refractivity contribution in [3.63, 3.8) is 0 Å². The van der Waals surface area contributed by atoms with E-state index in [0.29, 0.717) is 27.8 Å². The van der Waals surface area contributed by atoms with Crippen molar-refractivity contribution in [1.82, 2.24) is 36.0 Å². The Morgan fingerprint density at radius 1 is 1.11 bits per heavy atom. The number of aromatic amines is 2. The summed E-state index contributed by atoms with van der Waals surface area (Å²) < 4.78 is 0. The van der Waals surface area contributed by atoms with E-state index in [-0.39, 0.29) is 6.61 Å². The largest absolute Gasteiger partial charge is 0.392 e. The highest BCUT2D eigenvalue weighted by atomic mass is 35.5. The molecule has 0 fully saturated rings. The molecule has 0 unspecified atom stereocenters. The van der Waals surface area contributed by atoms with E-state index in [1.807, 2.05) is 0 Å². The molecule has 2 aromatic heterocycles. The summed E-state index contributed by atoms with van der Waals surface area (Å²) in [7, 11) is 0. The number of H-pyrrole nitrogens is 2. The molecule has 0 atom stereocenters. The van der Waals surface area contributed by atoms with Gasteiger partial charge < -0.3 is 5.11 Å². The van der Waals surface area contributed by atoms with Gasteiger partial charge in [-0.05, 0) is 16.8 Å². The molecule has 1 aromatic carbocycles. The second kappa shape index (κ2) is 4.75.